The van der Waals surface area contributed by atoms with Crippen molar-refractivity contribution in [3.63, 3.8) is 0 Å². The summed E-state index contributed by atoms with van der Waals surface area (Å²) in [6.07, 6.45) is 0. The minimum atomic E-state index is -1.44. The molecule has 10 heavy (non-hydrogen) atoms. The molecule has 0 amide bonds. The molecule has 0 aromatic carbocycles. The van der Waals surface area contributed by atoms with E-state index in [0.29, 0.717) is 0 Å². The van der Waals surface area contributed by atoms with E-state index in [4.69, 9.17) is 0 Å². The van der Waals surface area contributed by atoms with E-state index < -0.39 is 8.24 Å². The highest BCUT2D eigenvalue weighted by molar-refractivity contribution is 6.85. The Morgan fingerprint density at radius 3 is 1.90 bits per heavy atom. The van der Waals surface area contributed by atoms with Crippen molar-refractivity contribution in [3.05, 3.63) is 24.6 Å². The molecule has 0 aliphatic carbocycles. The van der Waals surface area contributed by atoms with E-state index >= 15 is 0 Å². The molecule has 0 saturated carbocycles. The van der Waals surface area contributed by atoms with E-state index in [0.717, 1.165) is 6.54 Å². The predicted molar refractivity (Wildman–Crippen MR) is 50.3 cm³/mol. The van der Waals surface area contributed by atoms with Crippen molar-refractivity contribution in [2.45, 2.75) is 13.5 Å². The van der Waals surface area contributed by atoms with Gasteiger partial charge in [0.15, 0.2) is 8.24 Å². The molecule has 0 aromatic heterocycles. The molecule has 0 aliphatic rings. The van der Waals surface area contributed by atoms with Gasteiger partial charge >= 0.3 is 0 Å². The van der Waals surface area contributed by atoms with Gasteiger partial charge in [0.05, 0.1) is 0 Å². The number of nitrogens with zero attached hydrogens (tertiary/aromatic N) is 1. The molecular weight excluding hydrogens is 138 g/mol. The van der Waals surface area contributed by atoms with Gasteiger partial charge in [-0.25, -0.2) is 0 Å². The van der Waals surface area contributed by atoms with Crippen LogP contribution < -0.4 is 0 Å². The normalized spacial score (nSPS) is 11.6. The molecule has 0 atom stereocenters. The van der Waals surface area contributed by atoms with Gasteiger partial charge in [0.1, 0.15) is 0 Å². The quantitative estimate of drug-likeness (QED) is 0.561. The molecule has 0 unspecified atom stereocenters. The summed E-state index contributed by atoms with van der Waals surface area (Å²) < 4.78 is 2.33. The Morgan fingerprint density at radius 1 is 1.40 bits per heavy atom. The minimum Gasteiger partial charge on any atom is -0.320 e. The van der Waals surface area contributed by atoms with E-state index in [9.17, 15) is 0 Å². The van der Waals surface area contributed by atoms with Crippen molar-refractivity contribution >= 4 is 8.24 Å². The third kappa shape index (κ3) is 1.82. The van der Waals surface area contributed by atoms with Crippen LogP contribution in [0.25, 0.3) is 0 Å². The maximum Gasteiger partial charge on any atom is 0.173 e. The number of rotatable bonds is 4. The molecule has 0 spiro atoms. The zero-order valence-corrected chi connectivity index (χ0v) is 8.22. The first-order valence-corrected chi connectivity index (χ1v) is 6.19. The Kier molecular flexibility index (Phi) is 3.61. The van der Waals surface area contributed by atoms with Gasteiger partial charge in [-0.3, -0.25) is 0 Å². The van der Waals surface area contributed by atoms with Crippen LogP contribution in [0.5, 0.6) is 0 Å². The van der Waals surface area contributed by atoms with Gasteiger partial charge in [0.25, 0.3) is 0 Å². The zero-order valence-electron chi connectivity index (χ0n) is 7.22. The summed E-state index contributed by atoms with van der Waals surface area (Å²) in [4.78, 5) is 0. The first kappa shape index (κ1) is 9.66. The van der Waals surface area contributed by atoms with Gasteiger partial charge < -0.3 is 4.57 Å². The predicted octanol–water partition coefficient (Wildman–Crippen LogP) is 1.96. The fourth-order valence-electron chi connectivity index (χ4n) is 0.736. The molecular formula is C8H17NSi. The second kappa shape index (κ2) is 3.74. The summed E-state index contributed by atoms with van der Waals surface area (Å²) in [5.41, 5.74) is 4.09. The molecule has 0 fully saturated rings. The molecule has 0 radical (unpaired) electrons. The summed E-state index contributed by atoms with van der Waals surface area (Å²) in [6, 6.07) is 0. The first-order chi connectivity index (χ1) is 4.60. The van der Waals surface area contributed by atoms with Crippen molar-refractivity contribution in [3.8, 4) is 0 Å². The van der Waals surface area contributed by atoms with E-state index in [1.807, 2.05) is 11.4 Å². The van der Waals surface area contributed by atoms with Crippen molar-refractivity contribution in [2.24, 2.45) is 0 Å². The van der Waals surface area contributed by atoms with Crippen LogP contribution in [0, 0.1) is 0 Å². The van der Waals surface area contributed by atoms with Gasteiger partial charge in [-0.15, -0.1) is 13.2 Å². The Hall–Kier alpha value is -0.343. The van der Waals surface area contributed by atoms with Crippen LogP contribution in [-0.2, 0) is 0 Å². The summed E-state index contributed by atoms with van der Waals surface area (Å²) in [6.45, 7) is 13.1. The number of hydrogen-bond acceptors (Lipinski definition) is 1. The molecule has 0 saturated heterocycles. The lowest BCUT2D eigenvalue weighted by Crippen LogP contribution is -2.45. The minimum absolute atomic E-state index is 1.07. The fraction of sp³-hybridized carbons (Fsp3) is 0.500. The largest absolute Gasteiger partial charge is 0.320 e. The van der Waals surface area contributed by atoms with Gasteiger partial charge in [0, 0.05) is 0 Å². The highest BCUT2D eigenvalue weighted by Crippen LogP contribution is 2.08. The van der Waals surface area contributed by atoms with Gasteiger partial charge in [-0.1, -0.05) is 18.3 Å². The zero-order chi connectivity index (χ0) is 8.20. The van der Waals surface area contributed by atoms with E-state index in [1.54, 1.807) is 0 Å². The van der Waals surface area contributed by atoms with Crippen LogP contribution in [0.1, 0.15) is 6.92 Å². The Bertz CT molecular complexity index is 123. The third-order valence-electron chi connectivity index (χ3n) is 2.12. The van der Waals surface area contributed by atoms with Crippen molar-refractivity contribution in [1.82, 2.24) is 4.57 Å². The molecule has 0 aromatic rings. The lowest BCUT2D eigenvalue weighted by Gasteiger charge is -2.29. The molecule has 0 aliphatic heterocycles. The smallest absolute Gasteiger partial charge is 0.173 e. The summed E-state index contributed by atoms with van der Waals surface area (Å²) >= 11 is 0. The lowest BCUT2D eigenvalue weighted by atomic mass is 10.8. The van der Waals surface area contributed by atoms with Gasteiger partial charge in [0.2, 0.25) is 0 Å². The van der Waals surface area contributed by atoms with E-state index in [-0.39, 0.29) is 0 Å². The second-order valence-corrected chi connectivity index (χ2v) is 6.68. The van der Waals surface area contributed by atoms with Crippen LogP contribution >= 0.6 is 0 Å². The molecule has 2 heteroatoms. The Balaban J connectivity index is 4.30. The maximum absolute atomic E-state index is 3.82. The van der Waals surface area contributed by atoms with E-state index in [2.05, 4.69) is 38.2 Å². The maximum atomic E-state index is 3.82. The Morgan fingerprint density at radius 2 is 1.80 bits per heavy atom. The highest BCUT2D eigenvalue weighted by atomic mass is 28.3. The average Bonchev–Trinajstić information content (AvgIpc) is 2.01. The van der Waals surface area contributed by atoms with Crippen molar-refractivity contribution < 1.29 is 0 Å². The molecule has 0 rings (SSSR count). The molecule has 1 nitrogen and oxygen atoms in total. The van der Waals surface area contributed by atoms with Crippen molar-refractivity contribution in [1.29, 1.82) is 0 Å². The van der Waals surface area contributed by atoms with Crippen LogP contribution in [0.15, 0.2) is 24.6 Å². The topological polar surface area (TPSA) is 3.24 Å². The number of hydrogen-bond donors (Lipinski definition) is 0. The molecule has 0 heterocycles. The van der Waals surface area contributed by atoms with Crippen LogP contribution in [-0.4, -0.2) is 26.4 Å². The lowest BCUT2D eigenvalue weighted by molar-refractivity contribution is 0.548. The van der Waals surface area contributed by atoms with Crippen molar-refractivity contribution in [2.75, 3.05) is 13.6 Å². The van der Waals surface area contributed by atoms with Gasteiger partial charge in [-0.2, -0.15) is 0 Å². The van der Waals surface area contributed by atoms with Crippen LogP contribution in [0.3, 0.4) is 0 Å². The fourth-order valence-corrected chi connectivity index (χ4v) is 2.21. The van der Waals surface area contributed by atoms with Gasteiger partial charge in [-0.05, 0) is 20.1 Å². The SMILES string of the molecule is C=C[Si](C)(C=C)N(C)CC. The Labute approximate surface area is 65.1 Å². The van der Waals surface area contributed by atoms with E-state index in [1.165, 1.54) is 0 Å². The highest BCUT2D eigenvalue weighted by Gasteiger charge is 2.23. The third-order valence-corrected chi connectivity index (χ3v) is 5.74. The molecule has 58 valence electrons. The molecule has 0 N–H and O–H groups in total. The molecule has 0 bridgehead atoms. The summed E-state index contributed by atoms with van der Waals surface area (Å²) in [5, 5.41) is 0. The second-order valence-electron chi connectivity index (χ2n) is 2.65. The first-order valence-electron chi connectivity index (χ1n) is 3.59. The monoisotopic (exact) mass is 155 g/mol. The summed E-state index contributed by atoms with van der Waals surface area (Å²) in [7, 11) is 0.681. The average molecular weight is 155 g/mol. The standard InChI is InChI=1S/C8H17NSi/c1-6-9(4)10(5,7-2)8-3/h7-8H,2-3,6H2,1,4-5H3. The summed E-state index contributed by atoms with van der Waals surface area (Å²) in [5.74, 6) is 0. The van der Waals surface area contributed by atoms with Crippen LogP contribution in [0.2, 0.25) is 6.55 Å². The van der Waals surface area contributed by atoms with Crippen LogP contribution in [0.4, 0.5) is 0 Å².